The molecule has 0 saturated carbocycles. The highest BCUT2D eigenvalue weighted by Gasteiger charge is 2.07. The summed E-state index contributed by atoms with van der Waals surface area (Å²) in [6.07, 6.45) is 3.00. The largest absolute Gasteiger partial charge is 0.292 e. The maximum absolute atomic E-state index is 8.18. The van der Waals surface area contributed by atoms with Crippen LogP contribution in [0.3, 0.4) is 0 Å². The van der Waals surface area contributed by atoms with Crippen molar-refractivity contribution in [3.63, 3.8) is 0 Å². The van der Waals surface area contributed by atoms with Crippen molar-refractivity contribution < 1.29 is 9.60 Å². The Morgan fingerprint density at radius 1 is 1.57 bits per heavy atom. The highest BCUT2D eigenvalue weighted by molar-refractivity contribution is 5.15. The fourth-order valence-corrected chi connectivity index (χ4v) is 1.01. The number of benzene rings is 1. The molecular weight excluding hydrogens is 170 g/mol. The first-order valence-electron chi connectivity index (χ1n) is 7.77. The lowest BCUT2D eigenvalue weighted by atomic mass is 10.1. The van der Waals surface area contributed by atoms with Crippen LogP contribution in [0.5, 0.6) is 0 Å². The molecule has 14 heavy (non-hydrogen) atoms. The van der Waals surface area contributed by atoms with E-state index in [0.29, 0.717) is 4.90 Å². The second-order valence-corrected chi connectivity index (χ2v) is 2.81. The molecule has 1 nitrogen and oxygen atoms in total. The predicted octanol–water partition coefficient (Wildman–Crippen LogP) is 2.18. The summed E-state index contributed by atoms with van der Waals surface area (Å²) in [7, 11) is 0. The lowest BCUT2D eigenvalue weighted by Crippen LogP contribution is -2.31. The van der Waals surface area contributed by atoms with Crippen LogP contribution in [-0.2, 0) is 6.37 Å². The van der Waals surface area contributed by atoms with Crippen molar-refractivity contribution in [3.05, 3.63) is 35.9 Å². The average Bonchev–Trinajstić information content (AvgIpc) is 2.37. The fourth-order valence-electron chi connectivity index (χ4n) is 1.01. The van der Waals surface area contributed by atoms with Gasteiger partial charge >= 0.3 is 0 Å². The molecule has 0 radical (unpaired) electrons. The number of hydrogen-bond acceptors (Lipinski definition) is 1. The van der Waals surface area contributed by atoms with Gasteiger partial charge in [0.15, 0.2) is 0 Å². The van der Waals surface area contributed by atoms with Gasteiger partial charge in [-0.15, -0.1) is 6.42 Å². The second kappa shape index (κ2) is 5.47. The van der Waals surface area contributed by atoms with E-state index < -0.39 is 25.9 Å². The van der Waals surface area contributed by atoms with E-state index in [1.54, 1.807) is 24.1 Å². The van der Waals surface area contributed by atoms with Gasteiger partial charge in [-0.25, -0.2) is 0 Å². The molecular formula is C13H17N. The maximum Gasteiger partial charge on any atom is 0.0598 e. The summed E-state index contributed by atoms with van der Waals surface area (Å²) in [5, 5.41) is 0. The highest BCUT2D eigenvalue weighted by atomic mass is 15.1. The normalized spacial score (nSPS) is 22.8. The summed E-state index contributed by atoms with van der Waals surface area (Å²) in [5.74, 6) is 1.79. The Balaban J connectivity index is 3.30. The first-order valence-corrected chi connectivity index (χ1v) is 4.27. The first-order chi connectivity index (χ1) is 9.44. The van der Waals surface area contributed by atoms with Crippen LogP contribution in [0, 0.1) is 12.3 Å². The minimum Gasteiger partial charge on any atom is -0.292 e. The lowest BCUT2D eigenvalue weighted by Gasteiger charge is -2.22. The minimum atomic E-state index is -2.86. The Hall–Kier alpha value is -1.26. The summed E-state index contributed by atoms with van der Waals surface area (Å²) >= 11 is 0. The molecule has 74 valence electrons. The molecule has 0 aliphatic heterocycles. The summed E-state index contributed by atoms with van der Waals surface area (Å²) in [6.45, 7) is -4.14. The van der Waals surface area contributed by atoms with E-state index in [0.717, 1.165) is 0 Å². The molecule has 0 heterocycles. The van der Waals surface area contributed by atoms with Gasteiger partial charge in [0.25, 0.3) is 0 Å². The second-order valence-electron chi connectivity index (χ2n) is 2.81. The third-order valence-electron chi connectivity index (χ3n) is 1.72. The Kier molecular flexibility index (Phi) is 1.76. The van der Waals surface area contributed by atoms with Crippen molar-refractivity contribution in [2.45, 2.75) is 19.3 Å². The van der Waals surface area contributed by atoms with E-state index in [4.69, 9.17) is 16.0 Å². The van der Waals surface area contributed by atoms with E-state index in [2.05, 4.69) is 0 Å². The van der Waals surface area contributed by atoms with Crippen molar-refractivity contribution in [2.24, 2.45) is 0 Å². The molecule has 1 heteroatoms. The summed E-state index contributed by atoms with van der Waals surface area (Å²) < 4.78 is 54.2. The first kappa shape index (κ1) is 4.51. The van der Waals surface area contributed by atoms with E-state index >= 15 is 0 Å². The van der Waals surface area contributed by atoms with Crippen molar-refractivity contribution in [3.8, 4) is 12.3 Å². The fraction of sp³-hybridized carbons (Fsp3) is 0.385. The molecule has 0 spiro atoms. The zero-order chi connectivity index (χ0) is 16.5. The summed E-state index contributed by atoms with van der Waals surface area (Å²) in [5.41, 5.74) is 0.263. The number of terminal acetylenes is 1. The zero-order valence-electron chi connectivity index (χ0n) is 15.0. The molecule has 1 aromatic carbocycles. The van der Waals surface area contributed by atoms with Crippen LogP contribution in [-0.4, -0.2) is 24.4 Å². The van der Waals surface area contributed by atoms with Crippen LogP contribution in [0.4, 0.5) is 0 Å². The average molecular weight is 194 g/mol. The highest BCUT2D eigenvalue weighted by Crippen LogP contribution is 2.06. The topological polar surface area (TPSA) is 3.24 Å². The monoisotopic (exact) mass is 194 g/mol. The van der Waals surface area contributed by atoms with Gasteiger partial charge in [-0.3, -0.25) is 4.90 Å². The number of hydrogen-bond donors (Lipinski definition) is 0. The van der Waals surface area contributed by atoms with Crippen LogP contribution in [0.2, 0.25) is 0 Å². The van der Waals surface area contributed by atoms with E-state index in [1.807, 2.05) is 0 Å². The van der Waals surface area contributed by atoms with Gasteiger partial charge in [0, 0.05) is 12.9 Å². The van der Waals surface area contributed by atoms with Crippen molar-refractivity contribution in [2.75, 3.05) is 13.5 Å². The minimum absolute atomic E-state index is 0.263. The SMILES string of the molecule is [2H]C([2H])(c1ccccc1)[C@@H](C)N(C([2H])([2H])[2H])C([2H])([2H])C#C. The number of nitrogens with zero attached hydrogens (tertiary/aromatic N) is 1. The quantitative estimate of drug-likeness (QED) is 0.664. The van der Waals surface area contributed by atoms with Crippen molar-refractivity contribution >= 4 is 0 Å². The van der Waals surface area contributed by atoms with Gasteiger partial charge in [-0.1, -0.05) is 36.3 Å². The Morgan fingerprint density at radius 3 is 2.86 bits per heavy atom. The van der Waals surface area contributed by atoms with E-state index in [1.165, 1.54) is 19.1 Å². The molecule has 0 aliphatic rings. The molecule has 0 N–H and O–H groups in total. The summed E-state index contributed by atoms with van der Waals surface area (Å²) in [6, 6.07) is 6.75. The Bertz CT molecular complexity index is 516. The van der Waals surface area contributed by atoms with Gasteiger partial charge < -0.3 is 0 Å². The molecule has 0 saturated heterocycles. The van der Waals surface area contributed by atoms with E-state index in [-0.39, 0.29) is 5.56 Å². The number of likely N-dealkylation sites (N-methyl/N-ethyl adjacent to an activating group) is 1. The summed E-state index contributed by atoms with van der Waals surface area (Å²) in [4.78, 5) is 0.424. The molecule has 0 aromatic heterocycles. The third kappa shape index (κ3) is 3.24. The Morgan fingerprint density at radius 2 is 2.29 bits per heavy atom. The lowest BCUT2D eigenvalue weighted by molar-refractivity contribution is 0.287. The molecule has 0 bridgehead atoms. The molecule has 1 aromatic rings. The van der Waals surface area contributed by atoms with Crippen LogP contribution >= 0.6 is 0 Å². The third-order valence-corrected chi connectivity index (χ3v) is 1.72. The van der Waals surface area contributed by atoms with Crippen molar-refractivity contribution in [1.82, 2.24) is 4.90 Å². The van der Waals surface area contributed by atoms with Gasteiger partial charge in [0.1, 0.15) is 0 Å². The smallest absolute Gasteiger partial charge is 0.0598 e. The van der Waals surface area contributed by atoms with Gasteiger partial charge in [-0.05, 0) is 25.8 Å². The predicted molar refractivity (Wildman–Crippen MR) is 61.1 cm³/mol. The number of rotatable bonds is 4. The van der Waals surface area contributed by atoms with Gasteiger partial charge in [-0.2, -0.15) is 0 Å². The zero-order valence-corrected chi connectivity index (χ0v) is 7.99. The van der Waals surface area contributed by atoms with Crippen LogP contribution in [0.1, 0.15) is 22.1 Å². The van der Waals surface area contributed by atoms with Crippen LogP contribution in [0.15, 0.2) is 30.3 Å². The van der Waals surface area contributed by atoms with Crippen molar-refractivity contribution in [1.29, 1.82) is 0 Å². The molecule has 0 aliphatic carbocycles. The Labute approximate surface area is 96.6 Å². The van der Waals surface area contributed by atoms with Gasteiger partial charge in [0.2, 0.25) is 0 Å². The standard InChI is InChI=1S/C13H17N/c1-4-10-14(3)12(2)11-13-8-6-5-7-9-13/h1,5-9,12H,10-11H2,2-3H3/t12-/m1/s1/i3D3,10D2,11D2. The molecule has 0 fully saturated rings. The van der Waals surface area contributed by atoms with Crippen LogP contribution in [0.25, 0.3) is 0 Å². The van der Waals surface area contributed by atoms with Gasteiger partial charge in [0.05, 0.1) is 9.24 Å². The van der Waals surface area contributed by atoms with Crippen LogP contribution < -0.4 is 0 Å². The molecule has 1 atom stereocenters. The maximum atomic E-state index is 8.18. The molecule has 0 unspecified atom stereocenters. The molecule has 1 rings (SSSR count). The van der Waals surface area contributed by atoms with E-state index in [9.17, 15) is 0 Å². The molecule has 0 amide bonds.